The van der Waals surface area contributed by atoms with Crippen molar-refractivity contribution in [1.82, 2.24) is 4.90 Å². The molecule has 0 atom stereocenters. The monoisotopic (exact) mass is 450 g/mol. The van der Waals surface area contributed by atoms with Gasteiger partial charge in [-0.15, -0.1) is 0 Å². The first-order valence-corrected chi connectivity index (χ1v) is 11.2. The number of carbonyl (C=O) groups is 1. The summed E-state index contributed by atoms with van der Waals surface area (Å²) >= 11 is 6.18. The second-order valence-corrected chi connectivity index (χ2v) is 8.41. The molecule has 0 aromatic heterocycles. The molecule has 0 radical (unpaired) electrons. The molecule has 4 rings (SSSR count). The fraction of sp³-hybridized carbons (Fsp3) is 0.269. The number of benzene rings is 3. The van der Waals surface area contributed by atoms with Crippen molar-refractivity contribution in [1.29, 1.82) is 0 Å². The summed E-state index contributed by atoms with van der Waals surface area (Å²) < 4.78 is 11.9. The van der Waals surface area contributed by atoms with Gasteiger partial charge >= 0.3 is 0 Å². The molecule has 0 bridgehead atoms. The van der Waals surface area contributed by atoms with E-state index in [1.807, 2.05) is 54.6 Å². The summed E-state index contributed by atoms with van der Waals surface area (Å²) in [6.45, 7) is 2.45. The Kier molecular flexibility index (Phi) is 7.30. The SMILES string of the molecule is CN1CCC(Oc2ccc(NC(=O)c3cccc(OCc4ccccc4Cl)c3)cc2)CC1. The first kappa shape index (κ1) is 22.2. The first-order chi connectivity index (χ1) is 15.6. The van der Waals surface area contributed by atoms with Crippen LogP contribution in [0.1, 0.15) is 28.8 Å². The molecule has 0 saturated carbocycles. The highest BCUT2D eigenvalue weighted by Gasteiger charge is 2.18. The van der Waals surface area contributed by atoms with Crippen molar-refractivity contribution in [2.24, 2.45) is 0 Å². The van der Waals surface area contributed by atoms with Crippen LogP contribution >= 0.6 is 11.6 Å². The van der Waals surface area contributed by atoms with Crippen LogP contribution in [0.4, 0.5) is 5.69 Å². The highest BCUT2D eigenvalue weighted by Crippen LogP contribution is 2.23. The number of nitrogens with one attached hydrogen (secondary N) is 1. The molecule has 1 aliphatic heterocycles. The molecule has 6 heteroatoms. The van der Waals surface area contributed by atoms with Gasteiger partial charge in [-0.2, -0.15) is 0 Å². The molecule has 1 aliphatic rings. The van der Waals surface area contributed by atoms with E-state index in [0.717, 1.165) is 37.2 Å². The number of amides is 1. The number of nitrogens with zero attached hydrogens (tertiary/aromatic N) is 1. The number of likely N-dealkylation sites (tertiary alicyclic amines) is 1. The molecule has 3 aromatic rings. The summed E-state index contributed by atoms with van der Waals surface area (Å²) in [6.07, 6.45) is 2.31. The minimum absolute atomic E-state index is 0.197. The van der Waals surface area contributed by atoms with Crippen molar-refractivity contribution in [3.63, 3.8) is 0 Å². The Morgan fingerprint density at radius 2 is 1.75 bits per heavy atom. The molecule has 1 fully saturated rings. The van der Waals surface area contributed by atoms with E-state index in [1.54, 1.807) is 18.2 Å². The van der Waals surface area contributed by atoms with Gasteiger partial charge in [-0.05, 0) is 68.4 Å². The quantitative estimate of drug-likeness (QED) is 0.505. The Hall–Kier alpha value is -3.02. The van der Waals surface area contributed by atoms with Crippen LogP contribution in [0.2, 0.25) is 5.02 Å². The standard InChI is InChI=1S/C26H27ClN2O3/c1-29-15-13-23(14-16-29)32-22-11-9-21(10-12-22)28-26(30)19-6-4-7-24(17-19)31-18-20-5-2-3-8-25(20)27/h2-12,17,23H,13-16,18H2,1H3,(H,28,30). The highest BCUT2D eigenvalue weighted by atomic mass is 35.5. The van der Waals surface area contributed by atoms with Crippen molar-refractivity contribution in [2.75, 3.05) is 25.5 Å². The summed E-state index contributed by atoms with van der Waals surface area (Å²) in [5.74, 6) is 1.24. The lowest BCUT2D eigenvalue weighted by atomic mass is 10.1. The highest BCUT2D eigenvalue weighted by molar-refractivity contribution is 6.31. The topological polar surface area (TPSA) is 50.8 Å². The van der Waals surface area contributed by atoms with Crippen LogP contribution in [0.25, 0.3) is 0 Å². The van der Waals surface area contributed by atoms with Gasteiger partial charge < -0.3 is 19.7 Å². The van der Waals surface area contributed by atoms with Gasteiger partial charge in [0.2, 0.25) is 0 Å². The van der Waals surface area contributed by atoms with Gasteiger partial charge in [-0.25, -0.2) is 0 Å². The number of hydrogen-bond donors (Lipinski definition) is 1. The zero-order valence-corrected chi connectivity index (χ0v) is 18.8. The third-order valence-corrected chi connectivity index (χ3v) is 5.90. The maximum Gasteiger partial charge on any atom is 0.255 e. The Labute approximate surface area is 193 Å². The Morgan fingerprint density at radius 1 is 1.00 bits per heavy atom. The van der Waals surface area contributed by atoms with Crippen LogP contribution < -0.4 is 14.8 Å². The summed E-state index contributed by atoms with van der Waals surface area (Å²) in [6, 6.07) is 22.2. The lowest BCUT2D eigenvalue weighted by molar-refractivity contribution is 0.102. The van der Waals surface area contributed by atoms with Crippen LogP contribution in [0.3, 0.4) is 0 Å². The molecule has 1 amide bonds. The largest absolute Gasteiger partial charge is 0.490 e. The molecule has 1 saturated heterocycles. The molecule has 0 spiro atoms. The van der Waals surface area contributed by atoms with Crippen molar-refractivity contribution < 1.29 is 14.3 Å². The van der Waals surface area contributed by atoms with E-state index in [4.69, 9.17) is 21.1 Å². The van der Waals surface area contributed by atoms with E-state index >= 15 is 0 Å². The Morgan fingerprint density at radius 3 is 2.50 bits per heavy atom. The summed E-state index contributed by atoms with van der Waals surface area (Å²) in [4.78, 5) is 15.0. The number of hydrogen-bond acceptors (Lipinski definition) is 4. The van der Waals surface area contributed by atoms with E-state index in [-0.39, 0.29) is 12.0 Å². The summed E-state index contributed by atoms with van der Waals surface area (Å²) in [5, 5.41) is 3.58. The molecule has 166 valence electrons. The van der Waals surface area contributed by atoms with Gasteiger partial charge in [0.1, 0.15) is 24.2 Å². The molecule has 0 aliphatic carbocycles. The number of carbonyl (C=O) groups excluding carboxylic acids is 1. The smallest absolute Gasteiger partial charge is 0.255 e. The molecule has 0 unspecified atom stereocenters. The minimum Gasteiger partial charge on any atom is -0.490 e. The van der Waals surface area contributed by atoms with Gasteiger partial charge in [-0.3, -0.25) is 4.79 Å². The molecule has 3 aromatic carbocycles. The van der Waals surface area contributed by atoms with E-state index < -0.39 is 0 Å². The molecule has 1 heterocycles. The lowest BCUT2D eigenvalue weighted by Gasteiger charge is -2.29. The van der Waals surface area contributed by atoms with Crippen LogP contribution in [-0.2, 0) is 6.61 Å². The van der Waals surface area contributed by atoms with Crippen LogP contribution in [0.15, 0.2) is 72.8 Å². The molecule has 1 N–H and O–H groups in total. The molecule has 32 heavy (non-hydrogen) atoms. The van der Waals surface area contributed by atoms with Gasteiger partial charge in [0.25, 0.3) is 5.91 Å². The van der Waals surface area contributed by atoms with Crippen LogP contribution in [-0.4, -0.2) is 37.0 Å². The van der Waals surface area contributed by atoms with Gasteiger partial charge in [0, 0.05) is 34.9 Å². The molecular formula is C26H27ClN2O3. The van der Waals surface area contributed by atoms with Gasteiger partial charge in [0.15, 0.2) is 0 Å². The number of piperidine rings is 1. The fourth-order valence-electron chi connectivity index (χ4n) is 3.62. The van der Waals surface area contributed by atoms with Gasteiger partial charge in [-0.1, -0.05) is 35.9 Å². The summed E-state index contributed by atoms with van der Waals surface area (Å²) in [5.41, 5.74) is 2.13. The van der Waals surface area contributed by atoms with Gasteiger partial charge in [0.05, 0.1) is 0 Å². The molecule has 5 nitrogen and oxygen atoms in total. The Balaban J connectivity index is 1.32. The number of anilines is 1. The second kappa shape index (κ2) is 10.5. The van der Waals surface area contributed by atoms with E-state index in [2.05, 4.69) is 17.3 Å². The maximum absolute atomic E-state index is 12.7. The van der Waals surface area contributed by atoms with E-state index in [1.165, 1.54) is 0 Å². The zero-order valence-electron chi connectivity index (χ0n) is 18.1. The van der Waals surface area contributed by atoms with Crippen LogP contribution in [0.5, 0.6) is 11.5 Å². The Bertz CT molecular complexity index is 1050. The van der Waals surface area contributed by atoms with Crippen LogP contribution in [0, 0.1) is 0 Å². The van der Waals surface area contributed by atoms with Crippen molar-refractivity contribution in [2.45, 2.75) is 25.6 Å². The molecular weight excluding hydrogens is 424 g/mol. The number of ether oxygens (including phenoxy) is 2. The third-order valence-electron chi connectivity index (χ3n) is 5.53. The van der Waals surface area contributed by atoms with Crippen molar-refractivity contribution >= 4 is 23.2 Å². The minimum atomic E-state index is -0.197. The van der Waals surface area contributed by atoms with Crippen molar-refractivity contribution in [3.8, 4) is 11.5 Å². The third kappa shape index (κ3) is 6.02. The number of halogens is 1. The van der Waals surface area contributed by atoms with E-state index in [9.17, 15) is 4.79 Å². The second-order valence-electron chi connectivity index (χ2n) is 8.01. The zero-order chi connectivity index (χ0) is 22.3. The number of rotatable bonds is 7. The van der Waals surface area contributed by atoms with Crippen molar-refractivity contribution in [3.05, 3.63) is 88.9 Å². The van der Waals surface area contributed by atoms with E-state index in [0.29, 0.717) is 28.6 Å². The average molecular weight is 451 g/mol. The average Bonchev–Trinajstić information content (AvgIpc) is 2.81. The fourth-order valence-corrected chi connectivity index (χ4v) is 3.81. The predicted molar refractivity (Wildman–Crippen MR) is 128 cm³/mol. The lowest BCUT2D eigenvalue weighted by Crippen LogP contribution is -2.35. The summed E-state index contributed by atoms with van der Waals surface area (Å²) in [7, 11) is 2.13. The maximum atomic E-state index is 12.7. The first-order valence-electron chi connectivity index (χ1n) is 10.8. The predicted octanol–water partition coefficient (Wildman–Crippen LogP) is 5.64. The normalized spacial score (nSPS) is 14.7.